The summed E-state index contributed by atoms with van der Waals surface area (Å²) in [6.45, 7) is 0.587. The molecular formula is C15H11ClN2O4. The van der Waals surface area contributed by atoms with Gasteiger partial charge in [-0.05, 0) is 17.7 Å². The highest BCUT2D eigenvalue weighted by molar-refractivity contribution is 6.32. The molecule has 2 aromatic carbocycles. The number of non-ortho nitro benzene ring substituents is 1. The monoisotopic (exact) mass is 318 g/mol. The van der Waals surface area contributed by atoms with Crippen molar-refractivity contribution in [2.75, 3.05) is 0 Å². The lowest BCUT2D eigenvalue weighted by Crippen LogP contribution is -2.13. The molecule has 0 amide bonds. The molecule has 22 heavy (non-hydrogen) atoms. The molecule has 3 rings (SSSR count). The van der Waals surface area contributed by atoms with E-state index in [1.54, 1.807) is 6.07 Å². The number of halogens is 1. The van der Waals surface area contributed by atoms with E-state index >= 15 is 0 Å². The average molecular weight is 319 g/mol. The minimum Gasteiger partial charge on any atom is -0.455 e. The van der Waals surface area contributed by atoms with E-state index in [1.165, 1.54) is 18.2 Å². The Morgan fingerprint density at radius 1 is 1.32 bits per heavy atom. The minimum atomic E-state index is -0.526. The Morgan fingerprint density at radius 3 is 2.82 bits per heavy atom. The predicted molar refractivity (Wildman–Crippen MR) is 80.3 cm³/mol. The summed E-state index contributed by atoms with van der Waals surface area (Å²) in [6, 6.07) is 9.04. The van der Waals surface area contributed by atoms with Crippen molar-refractivity contribution in [2.24, 2.45) is 0 Å². The smallest absolute Gasteiger partial charge is 0.271 e. The molecule has 1 heterocycles. The van der Waals surface area contributed by atoms with Crippen molar-refractivity contribution in [3.8, 4) is 11.5 Å². The molecule has 0 saturated carbocycles. The number of hydrogen-bond donors (Lipinski definition) is 1. The zero-order valence-electron chi connectivity index (χ0n) is 11.3. The lowest BCUT2D eigenvalue weighted by atomic mass is 10.0. The van der Waals surface area contributed by atoms with E-state index in [4.69, 9.17) is 16.3 Å². The van der Waals surface area contributed by atoms with Crippen LogP contribution in [0.1, 0.15) is 17.2 Å². The number of ether oxygens (including phenoxy) is 1. The van der Waals surface area contributed by atoms with Crippen LogP contribution < -0.4 is 10.1 Å². The molecule has 0 aromatic heterocycles. The van der Waals surface area contributed by atoms with Crippen molar-refractivity contribution < 1.29 is 14.5 Å². The Morgan fingerprint density at radius 2 is 2.14 bits per heavy atom. The van der Waals surface area contributed by atoms with Crippen molar-refractivity contribution in [2.45, 2.75) is 12.6 Å². The molecule has 112 valence electrons. The highest BCUT2D eigenvalue weighted by Gasteiger charge is 2.25. The Kier molecular flexibility index (Phi) is 3.79. The maximum atomic E-state index is 11.1. The van der Waals surface area contributed by atoms with Crippen LogP contribution in [0.25, 0.3) is 0 Å². The molecule has 7 heteroatoms. The van der Waals surface area contributed by atoms with Crippen molar-refractivity contribution in [3.05, 3.63) is 62.7 Å². The highest BCUT2D eigenvalue weighted by atomic mass is 35.5. The first-order chi connectivity index (χ1) is 10.6. The van der Waals surface area contributed by atoms with Gasteiger partial charge in [0, 0.05) is 24.2 Å². The van der Waals surface area contributed by atoms with Gasteiger partial charge in [-0.25, -0.2) is 0 Å². The largest absolute Gasteiger partial charge is 0.455 e. The van der Waals surface area contributed by atoms with Gasteiger partial charge >= 0.3 is 0 Å². The number of aldehydes is 1. The summed E-state index contributed by atoms with van der Waals surface area (Å²) in [5, 5.41) is 13.9. The maximum Gasteiger partial charge on any atom is 0.271 e. The summed E-state index contributed by atoms with van der Waals surface area (Å²) in [6.07, 6.45) is 0.816. The van der Waals surface area contributed by atoms with E-state index in [0.29, 0.717) is 18.0 Å². The molecule has 0 aliphatic carbocycles. The van der Waals surface area contributed by atoms with Crippen molar-refractivity contribution >= 4 is 23.6 Å². The molecule has 2 aromatic rings. The van der Waals surface area contributed by atoms with E-state index < -0.39 is 11.0 Å². The van der Waals surface area contributed by atoms with Crippen LogP contribution in [0, 0.1) is 10.1 Å². The van der Waals surface area contributed by atoms with Crippen LogP contribution in [0.3, 0.4) is 0 Å². The number of hydrogen-bond acceptors (Lipinski definition) is 5. The van der Waals surface area contributed by atoms with E-state index in [2.05, 4.69) is 5.32 Å². The number of nitro benzene ring substituents is 1. The van der Waals surface area contributed by atoms with Crippen LogP contribution in [0.4, 0.5) is 5.69 Å². The lowest BCUT2D eigenvalue weighted by Gasteiger charge is -2.13. The minimum absolute atomic E-state index is 0.108. The molecule has 6 nitrogen and oxygen atoms in total. The number of nitro groups is 1. The zero-order valence-corrected chi connectivity index (χ0v) is 12.0. The summed E-state index contributed by atoms with van der Waals surface area (Å²) >= 11 is 6.03. The SMILES string of the molecule is O=CC1NCc2cccc(Oc3ccc([N+](=O)[O-])cc3Cl)c21. The number of rotatable bonds is 4. The lowest BCUT2D eigenvalue weighted by molar-refractivity contribution is -0.384. The number of fused-ring (bicyclic) bond motifs is 1. The van der Waals surface area contributed by atoms with Gasteiger partial charge in [0.25, 0.3) is 5.69 Å². The van der Waals surface area contributed by atoms with Gasteiger partial charge in [0.1, 0.15) is 17.8 Å². The Labute approximate surface area is 130 Å². The van der Waals surface area contributed by atoms with Crippen LogP contribution >= 0.6 is 11.6 Å². The summed E-state index contributed by atoms with van der Waals surface area (Å²) in [5.74, 6) is 0.813. The number of carbonyl (C=O) groups is 1. The van der Waals surface area contributed by atoms with E-state index in [0.717, 1.165) is 17.4 Å². The van der Waals surface area contributed by atoms with Crippen molar-refractivity contribution in [3.63, 3.8) is 0 Å². The third kappa shape index (κ3) is 2.54. The molecule has 1 N–H and O–H groups in total. The summed E-state index contributed by atoms with van der Waals surface area (Å²) in [5.41, 5.74) is 1.64. The fourth-order valence-electron chi connectivity index (χ4n) is 2.43. The Bertz CT molecular complexity index is 763. The highest BCUT2D eigenvalue weighted by Crippen LogP contribution is 2.38. The molecule has 1 atom stereocenters. The average Bonchev–Trinajstić information content (AvgIpc) is 2.93. The first kappa shape index (κ1) is 14.5. The number of nitrogens with zero attached hydrogens (tertiary/aromatic N) is 1. The molecule has 0 saturated heterocycles. The normalized spacial score (nSPS) is 16.1. The van der Waals surface area contributed by atoms with Gasteiger partial charge in [0.15, 0.2) is 0 Å². The topological polar surface area (TPSA) is 81.5 Å². The third-order valence-corrected chi connectivity index (χ3v) is 3.76. The van der Waals surface area contributed by atoms with Crippen molar-refractivity contribution in [1.29, 1.82) is 0 Å². The second-order valence-corrected chi connectivity index (χ2v) is 5.20. The molecular weight excluding hydrogens is 308 g/mol. The Balaban J connectivity index is 1.96. The van der Waals surface area contributed by atoms with Crippen LogP contribution in [-0.4, -0.2) is 11.2 Å². The van der Waals surface area contributed by atoms with Gasteiger partial charge < -0.3 is 9.53 Å². The van der Waals surface area contributed by atoms with E-state index in [-0.39, 0.29) is 10.7 Å². The number of carbonyl (C=O) groups excluding carboxylic acids is 1. The van der Waals surface area contributed by atoms with E-state index in [9.17, 15) is 14.9 Å². The van der Waals surface area contributed by atoms with Gasteiger partial charge in [-0.3, -0.25) is 15.4 Å². The predicted octanol–water partition coefficient (Wildman–Crippen LogP) is 3.38. The fraction of sp³-hybridized carbons (Fsp3) is 0.133. The van der Waals surface area contributed by atoms with Gasteiger partial charge in [-0.1, -0.05) is 23.7 Å². The van der Waals surface area contributed by atoms with Crippen LogP contribution in [0.15, 0.2) is 36.4 Å². The molecule has 1 aliphatic heterocycles. The Hall–Kier alpha value is -2.44. The van der Waals surface area contributed by atoms with Crippen LogP contribution in [0.2, 0.25) is 5.02 Å². The zero-order chi connectivity index (χ0) is 15.7. The molecule has 0 bridgehead atoms. The fourth-order valence-corrected chi connectivity index (χ4v) is 2.64. The molecule has 0 spiro atoms. The van der Waals surface area contributed by atoms with E-state index in [1.807, 2.05) is 12.1 Å². The van der Waals surface area contributed by atoms with Gasteiger partial charge in [0.05, 0.1) is 16.0 Å². The third-order valence-electron chi connectivity index (χ3n) is 3.46. The first-order valence-corrected chi connectivity index (χ1v) is 6.90. The molecule has 1 unspecified atom stereocenters. The molecule has 0 fully saturated rings. The maximum absolute atomic E-state index is 11.1. The number of benzene rings is 2. The second-order valence-electron chi connectivity index (χ2n) is 4.80. The van der Waals surface area contributed by atoms with Crippen LogP contribution in [-0.2, 0) is 11.3 Å². The van der Waals surface area contributed by atoms with Gasteiger partial charge in [-0.2, -0.15) is 0 Å². The summed E-state index contributed by atoms with van der Waals surface area (Å²) in [7, 11) is 0. The van der Waals surface area contributed by atoms with Crippen molar-refractivity contribution in [1.82, 2.24) is 5.32 Å². The number of nitrogens with one attached hydrogen (secondary N) is 1. The van der Waals surface area contributed by atoms with Gasteiger partial charge in [0.2, 0.25) is 0 Å². The van der Waals surface area contributed by atoms with Crippen LogP contribution in [0.5, 0.6) is 11.5 Å². The summed E-state index contributed by atoms with van der Waals surface area (Å²) in [4.78, 5) is 21.3. The molecule has 0 radical (unpaired) electrons. The second kappa shape index (κ2) is 5.75. The van der Waals surface area contributed by atoms with Gasteiger partial charge in [-0.15, -0.1) is 0 Å². The summed E-state index contributed by atoms with van der Waals surface area (Å²) < 4.78 is 5.77. The standard InChI is InChI=1S/C15H11ClN2O4/c16-11-6-10(18(20)21)4-5-13(11)22-14-3-1-2-9-7-17-12(8-19)15(9)14/h1-6,8,12,17H,7H2. The molecule has 1 aliphatic rings. The first-order valence-electron chi connectivity index (χ1n) is 6.52. The quantitative estimate of drug-likeness (QED) is 0.531.